The van der Waals surface area contributed by atoms with E-state index in [2.05, 4.69) is 40.6 Å². The molecule has 2 aromatic carbocycles. The number of methoxy groups -OCH3 is 1. The summed E-state index contributed by atoms with van der Waals surface area (Å²) in [4.78, 5) is 31.4. The lowest BCUT2D eigenvalue weighted by molar-refractivity contribution is -0.154. The zero-order chi connectivity index (χ0) is 26.0. The number of alkyl halides is 1. The second-order valence-corrected chi connectivity index (χ2v) is 12.4. The van der Waals surface area contributed by atoms with Crippen molar-refractivity contribution in [2.45, 2.75) is 62.6 Å². The number of halogens is 1. The van der Waals surface area contributed by atoms with E-state index in [1.54, 1.807) is 4.90 Å². The molecule has 2 unspecified atom stereocenters. The van der Waals surface area contributed by atoms with Crippen molar-refractivity contribution in [2.24, 2.45) is 17.8 Å². The van der Waals surface area contributed by atoms with Crippen molar-refractivity contribution in [1.29, 1.82) is 0 Å². The Morgan fingerprint density at radius 3 is 2.32 bits per heavy atom. The van der Waals surface area contributed by atoms with Gasteiger partial charge in [0.25, 0.3) is 0 Å². The van der Waals surface area contributed by atoms with Crippen LogP contribution < -0.4 is 5.32 Å². The van der Waals surface area contributed by atoms with Gasteiger partial charge in [0.15, 0.2) is 0 Å². The van der Waals surface area contributed by atoms with Crippen LogP contribution in [-0.4, -0.2) is 46.3 Å². The van der Waals surface area contributed by atoms with Gasteiger partial charge in [-0.15, -0.1) is 11.6 Å². The summed E-state index contributed by atoms with van der Waals surface area (Å²) in [6.07, 6.45) is 8.47. The van der Waals surface area contributed by atoms with Crippen LogP contribution in [0.1, 0.15) is 61.4 Å². The maximum atomic E-state index is 13.2. The van der Waals surface area contributed by atoms with Gasteiger partial charge in [0.1, 0.15) is 11.9 Å². The molecule has 6 nitrogen and oxygen atoms in total. The first-order valence-corrected chi connectivity index (χ1v) is 14.4. The standard InChI is InChI=1S/C31H34ClN3O3/c1-38-30(37)26-13-24-23-4-2-3-5-25(23)33-28(24)29(35(26)27(36)17-32)21-6-8-22(9-7-21)34-31-14-18-10-19(15-31)12-20(11-18)16-31/h2-9,18-20,26,29,33-34H,10-17H2,1H3. The molecule has 1 aliphatic heterocycles. The summed E-state index contributed by atoms with van der Waals surface area (Å²) in [5, 5.41) is 5.02. The number of esters is 1. The largest absolute Gasteiger partial charge is 0.467 e. The average Bonchev–Trinajstić information content (AvgIpc) is 3.29. The van der Waals surface area contributed by atoms with Gasteiger partial charge < -0.3 is 19.9 Å². The fourth-order valence-electron chi connectivity index (χ4n) is 8.65. The Kier molecular flexibility index (Phi) is 5.73. The molecule has 4 bridgehead atoms. The zero-order valence-electron chi connectivity index (χ0n) is 21.7. The van der Waals surface area contributed by atoms with Crippen molar-refractivity contribution in [3.8, 4) is 0 Å². The quantitative estimate of drug-likeness (QED) is 0.322. The molecule has 0 radical (unpaired) electrons. The van der Waals surface area contributed by atoms with Crippen LogP contribution in [0, 0.1) is 17.8 Å². The predicted octanol–water partition coefficient (Wildman–Crippen LogP) is 5.80. The van der Waals surface area contributed by atoms with Gasteiger partial charge in [-0.3, -0.25) is 4.79 Å². The minimum absolute atomic E-state index is 0.203. The van der Waals surface area contributed by atoms with Gasteiger partial charge >= 0.3 is 5.97 Å². The Hall–Kier alpha value is -2.99. The second-order valence-electron chi connectivity index (χ2n) is 12.1. The molecular weight excluding hydrogens is 498 g/mol. The summed E-state index contributed by atoms with van der Waals surface area (Å²) >= 11 is 6.09. The summed E-state index contributed by atoms with van der Waals surface area (Å²) in [5.74, 6) is 1.71. The third-order valence-corrected chi connectivity index (χ3v) is 9.91. The van der Waals surface area contributed by atoms with Crippen LogP contribution in [0.4, 0.5) is 5.69 Å². The lowest BCUT2D eigenvalue weighted by atomic mass is 9.53. The highest BCUT2D eigenvalue weighted by Crippen LogP contribution is 2.56. The number of benzene rings is 2. The van der Waals surface area contributed by atoms with E-state index in [4.69, 9.17) is 16.3 Å². The molecule has 2 N–H and O–H groups in total. The normalized spacial score (nSPS) is 31.3. The number of carbonyl (C=O) groups is 2. The summed E-state index contributed by atoms with van der Waals surface area (Å²) in [7, 11) is 1.37. The van der Waals surface area contributed by atoms with Crippen molar-refractivity contribution in [1.82, 2.24) is 9.88 Å². The summed E-state index contributed by atoms with van der Waals surface area (Å²) in [6, 6.07) is 15.3. The SMILES string of the molecule is COC(=O)C1Cc2c([nH]c3ccccc23)C(c2ccc(NC34CC5CC(CC(C5)C3)C4)cc2)N1C(=O)CCl. The lowest BCUT2D eigenvalue weighted by Crippen LogP contribution is -2.54. The van der Waals surface area contributed by atoms with Gasteiger partial charge in [-0.25, -0.2) is 4.79 Å². The highest BCUT2D eigenvalue weighted by atomic mass is 35.5. The fourth-order valence-corrected chi connectivity index (χ4v) is 8.79. The number of ether oxygens (including phenoxy) is 1. The molecule has 4 aliphatic carbocycles. The first-order chi connectivity index (χ1) is 18.5. The first kappa shape index (κ1) is 24.1. The molecule has 1 amide bonds. The van der Waals surface area contributed by atoms with Gasteiger partial charge in [-0.1, -0.05) is 30.3 Å². The Bertz CT molecular complexity index is 1360. The van der Waals surface area contributed by atoms with Gasteiger partial charge in [0.2, 0.25) is 5.91 Å². The molecular formula is C31H34ClN3O3. The van der Waals surface area contributed by atoms with Crippen molar-refractivity contribution in [2.75, 3.05) is 18.3 Å². The third kappa shape index (κ3) is 3.83. The first-order valence-electron chi connectivity index (χ1n) is 13.9. The molecule has 38 heavy (non-hydrogen) atoms. The third-order valence-electron chi connectivity index (χ3n) is 9.68. The summed E-state index contributed by atoms with van der Waals surface area (Å²) in [5.41, 5.74) is 5.28. The second kappa shape index (κ2) is 9.04. The average molecular weight is 532 g/mol. The van der Waals surface area contributed by atoms with Gasteiger partial charge in [-0.2, -0.15) is 0 Å². The van der Waals surface area contributed by atoms with Gasteiger partial charge in [0, 0.05) is 34.2 Å². The van der Waals surface area contributed by atoms with Crippen molar-refractivity contribution in [3.63, 3.8) is 0 Å². The number of para-hydroxylation sites is 1. The smallest absolute Gasteiger partial charge is 0.328 e. The highest BCUT2D eigenvalue weighted by Gasteiger charge is 2.51. The van der Waals surface area contributed by atoms with E-state index >= 15 is 0 Å². The number of hydrogen-bond acceptors (Lipinski definition) is 4. The molecule has 4 fully saturated rings. The topological polar surface area (TPSA) is 74.4 Å². The van der Waals surface area contributed by atoms with Crippen LogP contribution >= 0.6 is 11.6 Å². The number of H-pyrrole nitrogens is 1. The van der Waals surface area contributed by atoms with Crippen LogP contribution in [0.3, 0.4) is 0 Å². The van der Waals surface area contributed by atoms with Crippen LogP contribution in [0.2, 0.25) is 0 Å². The molecule has 8 rings (SSSR count). The van der Waals surface area contributed by atoms with E-state index in [9.17, 15) is 9.59 Å². The van der Waals surface area contributed by atoms with Gasteiger partial charge in [-0.05, 0) is 85.6 Å². The number of aromatic amines is 1. The molecule has 2 atom stereocenters. The number of anilines is 1. The number of aromatic nitrogens is 1. The molecule has 2 heterocycles. The number of hydrogen-bond donors (Lipinski definition) is 2. The minimum atomic E-state index is -0.743. The lowest BCUT2D eigenvalue weighted by Gasteiger charge is -2.57. The number of rotatable bonds is 5. The number of nitrogens with one attached hydrogen (secondary N) is 2. The van der Waals surface area contributed by atoms with E-state index in [1.165, 1.54) is 45.6 Å². The molecule has 1 aromatic heterocycles. The Morgan fingerprint density at radius 1 is 1.03 bits per heavy atom. The van der Waals surface area contributed by atoms with Crippen molar-refractivity contribution in [3.05, 3.63) is 65.4 Å². The molecule has 7 heteroatoms. The highest BCUT2D eigenvalue weighted by molar-refractivity contribution is 6.27. The molecule has 5 aliphatic rings. The van der Waals surface area contributed by atoms with Crippen LogP contribution in [0.25, 0.3) is 10.9 Å². The van der Waals surface area contributed by atoms with E-state index < -0.39 is 18.1 Å². The maximum absolute atomic E-state index is 13.2. The number of fused-ring (bicyclic) bond motifs is 3. The van der Waals surface area contributed by atoms with Crippen LogP contribution in [0.15, 0.2) is 48.5 Å². The summed E-state index contributed by atoms with van der Waals surface area (Å²) in [6.45, 7) is 0. The Labute approximate surface area is 228 Å². The number of nitrogens with zero attached hydrogens (tertiary/aromatic N) is 1. The Balaban J connectivity index is 1.26. The number of carbonyl (C=O) groups excluding carboxylic acids is 2. The fraction of sp³-hybridized carbons (Fsp3) is 0.484. The van der Waals surface area contributed by atoms with E-state index in [1.807, 2.05) is 18.2 Å². The maximum Gasteiger partial charge on any atom is 0.328 e. The van der Waals surface area contributed by atoms with E-state index in [0.29, 0.717) is 6.42 Å². The minimum Gasteiger partial charge on any atom is -0.467 e. The zero-order valence-corrected chi connectivity index (χ0v) is 22.5. The molecule has 0 spiro atoms. The van der Waals surface area contributed by atoms with E-state index in [0.717, 1.165) is 51.2 Å². The van der Waals surface area contributed by atoms with Crippen LogP contribution in [0.5, 0.6) is 0 Å². The van der Waals surface area contributed by atoms with E-state index in [-0.39, 0.29) is 17.3 Å². The van der Waals surface area contributed by atoms with Gasteiger partial charge in [0.05, 0.1) is 13.2 Å². The molecule has 3 aromatic rings. The van der Waals surface area contributed by atoms with Crippen molar-refractivity contribution >= 4 is 40.1 Å². The summed E-state index contributed by atoms with van der Waals surface area (Å²) < 4.78 is 5.16. The number of amides is 1. The monoisotopic (exact) mass is 531 g/mol. The molecule has 198 valence electrons. The van der Waals surface area contributed by atoms with Crippen LogP contribution in [-0.2, 0) is 20.7 Å². The Morgan fingerprint density at radius 2 is 1.68 bits per heavy atom. The van der Waals surface area contributed by atoms with Crippen molar-refractivity contribution < 1.29 is 14.3 Å². The molecule has 0 saturated heterocycles. The molecule has 4 saturated carbocycles. The predicted molar refractivity (Wildman–Crippen MR) is 148 cm³/mol.